The fraction of sp³-hybridized carbons (Fsp3) is 0.500. The first-order chi connectivity index (χ1) is 17.1. The number of fused-ring (bicyclic) bond motifs is 1. The van der Waals surface area contributed by atoms with E-state index in [2.05, 4.69) is 11.5 Å². The predicted octanol–water partition coefficient (Wildman–Crippen LogP) is 6.88. The number of hydrogen-bond acceptors (Lipinski definition) is 4. The van der Waals surface area contributed by atoms with Crippen LogP contribution in [0.5, 0.6) is 0 Å². The fourth-order valence-electron chi connectivity index (χ4n) is 5.29. The Labute approximate surface area is 214 Å². The van der Waals surface area contributed by atoms with Crippen LogP contribution in [0.1, 0.15) is 62.6 Å². The summed E-state index contributed by atoms with van der Waals surface area (Å²) < 4.78 is 69.2. The van der Waals surface area contributed by atoms with Gasteiger partial charge in [0.05, 0.1) is 21.5 Å². The van der Waals surface area contributed by atoms with Crippen molar-refractivity contribution in [3.63, 3.8) is 0 Å². The molecule has 1 saturated carbocycles. The van der Waals surface area contributed by atoms with Gasteiger partial charge in [0.2, 0.25) is 10.0 Å². The van der Waals surface area contributed by atoms with Gasteiger partial charge in [-0.15, -0.1) is 0 Å². The Hall–Kier alpha value is -2.04. The van der Waals surface area contributed by atoms with Crippen molar-refractivity contribution in [1.29, 1.82) is 0 Å². The van der Waals surface area contributed by atoms with Gasteiger partial charge in [-0.1, -0.05) is 43.7 Å². The summed E-state index contributed by atoms with van der Waals surface area (Å²) in [5, 5.41) is 0.776. The summed E-state index contributed by atoms with van der Waals surface area (Å²) in [6.07, 6.45) is 1.88. The van der Waals surface area contributed by atoms with Crippen LogP contribution in [0.3, 0.4) is 0 Å². The van der Waals surface area contributed by atoms with Crippen LogP contribution in [0.25, 0.3) is 11.0 Å². The highest BCUT2D eigenvalue weighted by atomic mass is 32.2. The van der Waals surface area contributed by atoms with E-state index in [0.29, 0.717) is 30.3 Å². The number of alkyl halides is 3. The van der Waals surface area contributed by atoms with Crippen LogP contribution in [0.2, 0.25) is 0 Å². The van der Waals surface area contributed by atoms with Gasteiger partial charge in [-0.05, 0) is 67.5 Å². The molecular weight excluding hydrogens is 507 g/mol. The smallest absolute Gasteiger partial charge is 0.316 e. The zero-order valence-corrected chi connectivity index (χ0v) is 21.8. The largest absolute Gasteiger partial charge is 0.416 e. The van der Waals surface area contributed by atoms with Crippen molar-refractivity contribution in [3.8, 4) is 0 Å². The molecular formula is C26H30F3N3O2S2. The van der Waals surface area contributed by atoms with Crippen LogP contribution in [0.4, 0.5) is 13.2 Å². The third-order valence-electron chi connectivity index (χ3n) is 7.23. The zero-order valence-electron chi connectivity index (χ0n) is 20.2. The standard InChI is InChI=1S/C26H30F3N3O2S2/c1-18-5-4-14-31(16-18)36(33,34)22-12-13-24-23(15-22)30-25(32(24)21-6-2-3-7-21)35-17-19-8-10-20(11-9-19)26(27,28)29/h8-13,15,18,21H,2-7,14,16-17H2,1H3/t18-/m1/s1. The second-order valence-corrected chi connectivity index (χ2v) is 12.8. The van der Waals surface area contributed by atoms with Crippen molar-refractivity contribution >= 4 is 32.8 Å². The van der Waals surface area contributed by atoms with E-state index in [-0.39, 0.29) is 10.9 Å². The molecule has 10 heteroatoms. The minimum Gasteiger partial charge on any atom is -0.316 e. The summed E-state index contributed by atoms with van der Waals surface area (Å²) in [4.78, 5) is 5.09. The Morgan fingerprint density at radius 2 is 1.75 bits per heavy atom. The molecule has 5 nitrogen and oxygen atoms in total. The van der Waals surface area contributed by atoms with Gasteiger partial charge in [0, 0.05) is 24.9 Å². The third-order valence-corrected chi connectivity index (χ3v) is 10.1. The van der Waals surface area contributed by atoms with Gasteiger partial charge < -0.3 is 4.57 Å². The number of thioether (sulfide) groups is 1. The van der Waals surface area contributed by atoms with Crippen LogP contribution >= 0.6 is 11.8 Å². The summed E-state index contributed by atoms with van der Waals surface area (Å²) in [5.41, 5.74) is 1.66. The molecule has 2 fully saturated rings. The van der Waals surface area contributed by atoms with E-state index < -0.39 is 21.8 Å². The lowest BCUT2D eigenvalue weighted by Gasteiger charge is -2.30. The normalized spacial score (nSPS) is 20.4. The van der Waals surface area contributed by atoms with E-state index in [4.69, 9.17) is 4.98 Å². The van der Waals surface area contributed by atoms with Gasteiger partial charge in [-0.3, -0.25) is 0 Å². The van der Waals surface area contributed by atoms with E-state index in [0.717, 1.165) is 66.9 Å². The van der Waals surface area contributed by atoms with Gasteiger partial charge in [0.1, 0.15) is 0 Å². The number of halogens is 3. The number of hydrogen-bond donors (Lipinski definition) is 0. The molecule has 36 heavy (non-hydrogen) atoms. The van der Waals surface area contributed by atoms with E-state index in [1.807, 2.05) is 6.07 Å². The highest BCUT2D eigenvalue weighted by Gasteiger charge is 2.31. The summed E-state index contributed by atoms with van der Waals surface area (Å²) in [5.74, 6) is 0.817. The van der Waals surface area contributed by atoms with E-state index in [1.54, 1.807) is 16.4 Å². The fourth-order valence-corrected chi connectivity index (χ4v) is 7.94. The molecule has 1 atom stereocenters. The lowest BCUT2D eigenvalue weighted by Crippen LogP contribution is -2.39. The quantitative estimate of drug-likeness (QED) is 0.322. The predicted molar refractivity (Wildman–Crippen MR) is 135 cm³/mol. The molecule has 1 aliphatic heterocycles. The van der Waals surface area contributed by atoms with Gasteiger partial charge in [-0.2, -0.15) is 17.5 Å². The van der Waals surface area contributed by atoms with Gasteiger partial charge in [0.25, 0.3) is 0 Å². The maximum absolute atomic E-state index is 13.3. The highest BCUT2D eigenvalue weighted by Crippen LogP contribution is 2.38. The van der Waals surface area contributed by atoms with Crippen molar-refractivity contribution in [2.24, 2.45) is 5.92 Å². The van der Waals surface area contributed by atoms with Gasteiger partial charge in [-0.25, -0.2) is 13.4 Å². The number of piperidine rings is 1. The molecule has 0 radical (unpaired) electrons. The maximum Gasteiger partial charge on any atom is 0.416 e. The first-order valence-corrected chi connectivity index (χ1v) is 14.9. The number of aromatic nitrogens is 2. The number of rotatable bonds is 6. The van der Waals surface area contributed by atoms with Crippen molar-refractivity contribution in [1.82, 2.24) is 13.9 Å². The first-order valence-electron chi connectivity index (χ1n) is 12.4. The summed E-state index contributed by atoms with van der Waals surface area (Å²) in [6.45, 7) is 3.15. The summed E-state index contributed by atoms with van der Waals surface area (Å²) >= 11 is 1.48. The van der Waals surface area contributed by atoms with Gasteiger partial charge >= 0.3 is 6.18 Å². The molecule has 5 rings (SSSR count). The van der Waals surface area contributed by atoms with Crippen LogP contribution in [0.15, 0.2) is 52.5 Å². The Kier molecular flexibility index (Phi) is 7.13. The van der Waals surface area contributed by atoms with Crippen LogP contribution < -0.4 is 0 Å². The van der Waals surface area contributed by atoms with Crippen LogP contribution in [-0.2, 0) is 22.0 Å². The van der Waals surface area contributed by atoms with E-state index in [1.165, 1.54) is 23.9 Å². The number of sulfonamides is 1. The number of nitrogens with zero attached hydrogens (tertiary/aromatic N) is 3. The van der Waals surface area contributed by atoms with Crippen molar-refractivity contribution in [2.75, 3.05) is 13.1 Å². The summed E-state index contributed by atoms with van der Waals surface area (Å²) in [7, 11) is -3.60. The average Bonchev–Trinajstić information content (AvgIpc) is 3.49. The number of benzene rings is 2. The van der Waals surface area contributed by atoms with Crippen LogP contribution in [-0.4, -0.2) is 35.4 Å². The summed E-state index contributed by atoms with van der Waals surface area (Å²) in [6, 6.07) is 10.7. The molecule has 1 aromatic heterocycles. The van der Waals surface area contributed by atoms with E-state index >= 15 is 0 Å². The van der Waals surface area contributed by atoms with Crippen molar-refractivity contribution < 1.29 is 21.6 Å². The highest BCUT2D eigenvalue weighted by molar-refractivity contribution is 7.98. The second-order valence-electron chi connectivity index (χ2n) is 9.95. The van der Waals surface area contributed by atoms with Crippen LogP contribution in [0, 0.1) is 5.92 Å². The zero-order chi connectivity index (χ0) is 25.5. The topological polar surface area (TPSA) is 55.2 Å². The van der Waals surface area contributed by atoms with Crippen molar-refractivity contribution in [2.45, 2.75) is 73.5 Å². The number of imidazole rings is 1. The molecule has 0 unspecified atom stereocenters. The molecule has 1 saturated heterocycles. The molecule has 2 aliphatic rings. The molecule has 2 aromatic carbocycles. The molecule has 3 aromatic rings. The second kappa shape index (κ2) is 10.0. The lowest BCUT2D eigenvalue weighted by atomic mass is 10.0. The maximum atomic E-state index is 13.3. The first kappa shape index (κ1) is 25.6. The molecule has 0 bridgehead atoms. The minimum absolute atomic E-state index is 0.263. The molecule has 0 amide bonds. The lowest BCUT2D eigenvalue weighted by molar-refractivity contribution is -0.137. The Morgan fingerprint density at radius 3 is 2.42 bits per heavy atom. The molecule has 0 spiro atoms. The Balaban J connectivity index is 1.45. The third kappa shape index (κ3) is 5.17. The Bertz CT molecular complexity index is 1330. The van der Waals surface area contributed by atoms with Crippen molar-refractivity contribution in [3.05, 3.63) is 53.6 Å². The van der Waals surface area contributed by atoms with Gasteiger partial charge in [0.15, 0.2) is 5.16 Å². The minimum atomic E-state index is -4.35. The molecule has 0 N–H and O–H groups in total. The SMILES string of the molecule is C[C@@H]1CCCN(S(=O)(=O)c2ccc3c(c2)nc(SCc2ccc(C(F)(F)F)cc2)n3C2CCCC2)C1. The average molecular weight is 538 g/mol. The molecule has 2 heterocycles. The molecule has 1 aliphatic carbocycles. The Morgan fingerprint density at radius 1 is 1.03 bits per heavy atom. The molecule has 194 valence electrons. The van der Waals surface area contributed by atoms with E-state index in [9.17, 15) is 21.6 Å². The monoisotopic (exact) mass is 537 g/mol.